The summed E-state index contributed by atoms with van der Waals surface area (Å²) in [6.45, 7) is 3.15. The first-order valence-electron chi connectivity index (χ1n) is 3.12. The molecule has 0 radical (unpaired) electrons. The summed E-state index contributed by atoms with van der Waals surface area (Å²) in [5, 5.41) is 0. The molecule has 0 aliphatic heterocycles. The fourth-order valence-electron chi connectivity index (χ4n) is 0.761. The number of aromatic nitrogens is 2. The third-order valence-electron chi connectivity index (χ3n) is 1.16. The maximum atomic E-state index is 4.13. The highest BCUT2D eigenvalue weighted by Gasteiger charge is 1.99. The Hall–Kier alpha value is 0.170. The molecule has 0 aromatic carbocycles. The van der Waals surface area contributed by atoms with Crippen molar-refractivity contribution in [3.05, 3.63) is 15.5 Å². The van der Waals surface area contributed by atoms with Crippen LogP contribution in [0.2, 0.25) is 0 Å². The van der Waals surface area contributed by atoms with Gasteiger partial charge in [-0.1, -0.05) is 6.92 Å². The van der Waals surface area contributed by atoms with E-state index in [0.717, 1.165) is 22.3 Å². The van der Waals surface area contributed by atoms with Gasteiger partial charge < -0.3 is 4.57 Å². The van der Waals surface area contributed by atoms with Crippen LogP contribution in [0.1, 0.15) is 13.3 Å². The molecule has 1 rings (SSSR count). The van der Waals surface area contributed by atoms with Crippen molar-refractivity contribution in [1.29, 1.82) is 0 Å². The molecule has 0 spiro atoms. The lowest BCUT2D eigenvalue weighted by molar-refractivity contribution is 0.664. The van der Waals surface area contributed by atoms with Crippen LogP contribution in [0.25, 0.3) is 0 Å². The summed E-state index contributed by atoms with van der Waals surface area (Å²) in [6.07, 6.45) is 3.09. The summed E-state index contributed by atoms with van der Waals surface area (Å²) in [6, 6.07) is 0. The van der Waals surface area contributed by atoms with Crippen LogP contribution < -0.4 is 0 Å². The van der Waals surface area contributed by atoms with Gasteiger partial charge in [0.05, 0.1) is 0 Å². The maximum absolute atomic E-state index is 4.13. The van der Waals surface area contributed by atoms with E-state index < -0.39 is 0 Å². The van der Waals surface area contributed by atoms with E-state index in [9.17, 15) is 0 Å². The van der Waals surface area contributed by atoms with Crippen LogP contribution in [-0.4, -0.2) is 9.55 Å². The van der Waals surface area contributed by atoms with Crippen molar-refractivity contribution >= 4 is 31.9 Å². The Morgan fingerprint density at radius 1 is 1.60 bits per heavy atom. The predicted molar refractivity (Wildman–Crippen MR) is 47.9 cm³/mol. The van der Waals surface area contributed by atoms with Crippen molar-refractivity contribution in [2.45, 2.75) is 19.9 Å². The van der Waals surface area contributed by atoms with Gasteiger partial charge in [0.25, 0.3) is 0 Å². The van der Waals surface area contributed by atoms with E-state index in [0.29, 0.717) is 0 Å². The first-order chi connectivity index (χ1) is 4.74. The van der Waals surface area contributed by atoms with Gasteiger partial charge in [0.2, 0.25) is 0 Å². The third kappa shape index (κ3) is 1.83. The quantitative estimate of drug-likeness (QED) is 0.806. The maximum Gasteiger partial charge on any atom is 0.178 e. The highest BCUT2D eigenvalue weighted by molar-refractivity contribution is 9.11. The topological polar surface area (TPSA) is 17.8 Å². The molecule has 1 heterocycles. The largest absolute Gasteiger partial charge is 0.324 e. The van der Waals surface area contributed by atoms with Gasteiger partial charge in [-0.3, -0.25) is 0 Å². The molecule has 4 heteroatoms. The van der Waals surface area contributed by atoms with Gasteiger partial charge in [0.15, 0.2) is 4.73 Å². The van der Waals surface area contributed by atoms with Crippen LogP contribution in [0.3, 0.4) is 0 Å². The third-order valence-corrected chi connectivity index (χ3v) is 2.18. The van der Waals surface area contributed by atoms with Gasteiger partial charge in [0, 0.05) is 12.7 Å². The molecule has 1 aromatic heterocycles. The summed E-state index contributed by atoms with van der Waals surface area (Å²) >= 11 is 6.63. The summed E-state index contributed by atoms with van der Waals surface area (Å²) in [5.41, 5.74) is 0. The lowest BCUT2D eigenvalue weighted by Gasteiger charge is -1.97. The molecule has 0 amide bonds. The van der Waals surface area contributed by atoms with Crippen LogP contribution in [0.5, 0.6) is 0 Å². The molecule has 0 N–H and O–H groups in total. The van der Waals surface area contributed by atoms with Gasteiger partial charge in [-0.15, -0.1) is 0 Å². The minimum absolute atomic E-state index is 0.882. The van der Waals surface area contributed by atoms with E-state index in [-0.39, 0.29) is 0 Å². The highest BCUT2D eigenvalue weighted by atomic mass is 79.9. The predicted octanol–water partition coefficient (Wildman–Crippen LogP) is 2.82. The normalized spacial score (nSPS) is 10.3. The fourth-order valence-corrected chi connectivity index (χ4v) is 1.88. The molecule has 0 aliphatic carbocycles. The molecule has 1 aromatic rings. The van der Waals surface area contributed by atoms with Crippen molar-refractivity contribution in [3.8, 4) is 0 Å². The molecule has 0 bridgehead atoms. The molecule has 0 unspecified atom stereocenters. The van der Waals surface area contributed by atoms with Crippen LogP contribution in [0, 0.1) is 0 Å². The Balaban J connectivity index is 2.81. The number of nitrogens with zero attached hydrogens (tertiary/aromatic N) is 2. The van der Waals surface area contributed by atoms with Crippen molar-refractivity contribution in [2.75, 3.05) is 0 Å². The zero-order chi connectivity index (χ0) is 7.56. The van der Waals surface area contributed by atoms with Crippen molar-refractivity contribution in [2.24, 2.45) is 0 Å². The number of rotatable bonds is 2. The Morgan fingerprint density at radius 2 is 2.30 bits per heavy atom. The van der Waals surface area contributed by atoms with Crippen LogP contribution in [0.15, 0.2) is 15.5 Å². The number of aryl methyl sites for hydroxylation is 1. The second-order valence-electron chi connectivity index (χ2n) is 2.03. The second-order valence-corrected chi connectivity index (χ2v) is 3.55. The summed E-state index contributed by atoms with van der Waals surface area (Å²) < 4.78 is 3.83. The molecule has 0 atom stereocenters. The number of imidazole rings is 1. The standard InChI is InChI=1S/C6H8Br2N2/c1-2-3-10-4-5(7)9-6(10)8/h4H,2-3H2,1H3. The van der Waals surface area contributed by atoms with Gasteiger partial charge in [-0.05, 0) is 38.3 Å². The molecule has 0 fully saturated rings. The van der Waals surface area contributed by atoms with Crippen molar-refractivity contribution in [1.82, 2.24) is 9.55 Å². The zero-order valence-electron chi connectivity index (χ0n) is 5.64. The van der Waals surface area contributed by atoms with Crippen LogP contribution in [-0.2, 0) is 6.54 Å². The zero-order valence-corrected chi connectivity index (χ0v) is 8.81. The molecule has 2 nitrogen and oxygen atoms in total. The van der Waals surface area contributed by atoms with E-state index in [1.165, 1.54) is 0 Å². The first kappa shape index (κ1) is 8.27. The minimum Gasteiger partial charge on any atom is -0.324 e. The Labute approximate surface area is 76.9 Å². The summed E-state index contributed by atoms with van der Waals surface area (Å²) in [7, 11) is 0. The molecule has 0 aliphatic rings. The van der Waals surface area contributed by atoms with E-state index in [4.69, 9.17) is 0 Å². The Morgan fingerprint density at radius 3 is 2.70 bits per heavy atom. The average molecular weight is 268 g/mol. The molecule has 0 saturated heterocycles. The monoisotopic (exact) mass is 266 g/mol. The van der Waals surface area contributed by atoms with E-state index in [1.54, 1.807) is 0 Å². The minimum atomic E-state index is 0.882. The highest BCUT2D eigenvalue weighted by Crippen LogP contribution is 2.14. The average Bonchev–Trinajstić information content (AvgIpc) is 2.13. The Bertz CT molecular complexity index is 220. The SMILES string of the molecule is CCCn1cc(Br)nc1Br. The lowest BCUT2D eigenvalue weighted by atomic mass is 10.5. The van der Waals surface area contributed by atoms with E-state index >= 15 is 0 Å². The van der Waals surface area contributed by atoms with Crippen molar-refractivity contribution in [3.63, 3.8) is 0 Å². The summed E-state index contributed by atoms with van der Waals surface area (Å²) in [4.78, 5) is 4.13. The van der Waals surface area contributed by atoms with Gasteiger partial charge in [-0.25, -0.2) is 4.98 Å². The first-order valence-corrected chi connectivity index (χ1v) is 4.70. The molecular formula is C6H8Br2N2. The van der Waals surface area contributed by atoms with Gasteiger partial charge in [0.1, 0.15) is 4.60 Å². The molecular weight excluding hydrogens is 260 g/mol. The number of hydrogen-bond donors (Lipinski definition) is 0. The fraction of sp³-hybridized carbons (Fsp3) is 0.500. The van der Waals surface area contributed by atoms with Crippen molar-refractivity contribution < 1.29 is 0 Å². The van der Waals surface area contributed by atoms with Gasteiger partial charge in [-0.2, -0.15) is 0 Å². The molecule has 56 valence electrons. The molecule has 0 saturated carbocycles. The van der Waals surface area contributed by atoms with Crippen LogP contribution in [0.4, 0.5) is 0 Å². The lowest BCUT2D eigenvalue weighted by Crippen LogP contribution is -1.93. The Kier molecular flexibility index (Phi) is 2.92. The summed E-state index contributed by atoms with van der Waals surface area (Å²) in [5.74, 6) is 0. The van der Waals surface area contributed by atoms with Gasteiger partial charge >= 0.3 is 0 Å². The number of hydrogen-bond acceptors (Lipinski definition) is 1. The second kappa shape index (κ2) is 3.53. The van der Waals surface area contributed by atoms with Crippen LogP contribution >= 0.6 is 31.9 Å². The molecule has 10 heavy (non-hydrogen) atoms. The smallest absolute Gasteiger partial charge is 0.178 e. The van der Waals surface area contributed by atoms with E-state index in [2.05, 4.69) is 48.3 Å². The number of halogens is 2. The van der Waals surface area contributed by atoms with E-state index in [1.807, 2.05) is 6.20 Å².